The van der Waals surface area contributed by atoms with Gasteiger partial charge in [0.05, 0.1) is 11.2 Å². The van der Waals surface area contributed by atoms with E-state index in [-0.39, 0.29) is 5.91 Å². The molecule has 17 heavy (non-hydrogen) atoms. The molecular formula is C12H22N4O. The summed E-state index contributed by atoms with van der Waals surface area (Å²) >= 11 is 0. The minimum absolute atomic E-state index is 0.128. The Morgan fingerprint density at radius 3 is 2.47 bits per heavy atom. The third-order valence-electron chi connectivity index (χ3n) is 2.90. The van der Waals surface area contributed by atoms with Gasteiger partial charge in [-0.25, -0.2) is 0 Å². The van der Waals surface area contributed by atoms with Gasteiger partial charge in [0.2, 0.25) is 5.91 Å². The molecule has 1 amide bonds. The highest BCUT2D eigenvalue weighted by atomic mass is 16.2. The van der Waals surface area contributed by atoms with Gasteiger partial charge >= 0.3 is 0 Å². The van der Waals surface area contributed by atoms with Crippen molar-refractivity contribution in [2.45, 2.75) is 39.7 Å². The molecule has 1 aromatic heterocycles. The molecule has 0 aliphatic carbocycles. The van der Waals surface area contributed by atoms with E-state index in [0.717, 1.165) is 17.8 Å². The first-order valence-electron chi connectivity index (χ1n) is 5.79. The number of hydrogen-bond donors (Lipinski definition) is 2. The van der Waals surface area contributed by atoms with Crippen LogP contribution in [0.3, 0.4) is 0 Å². The monoisotopic (exact) mass is 238 g/mol. The number of hydrogen-bond acceptors (Lipinski definition) is 3. The fourth-order valence-electron chi connectivity index (χ4n) is 1.71. The number of carbonyl (C=O) groups excluding carboxylic acids is 1. The van der Waals surface area contributed by atoms with Crippen LogP contribution in [0.25, 0.3) is 0 Å². The van der Waals surface area contributed by atoms with Gasteiger partial charge in [-0.3, -0.25) is 9.48 Å². The molecule has 1 rings (SSSR count). The zero-order chi connectivity index (χ0) is 13.2. The molecule has 0 saturated carbocycles. The molecule has 0 fully saturated rings. The molecule has 0 aliphatic heterocycles. The number of amides is 1. The van der Waals surface area contributed by atoms with E-state index in [2.05, 4.69) is 10.4 Å². The Balaban J connectivity index is 2.55. The Morgan fingerprint density at radius 2 is 2.06 bits per heavy atom. The van der Waals surface area contributed by atoms with Crippen LogP contribution in [0.4, 0.5) is 0 Å². The molecule has 96 valence electrons. The third kappa shape index (κ3) is 3.30. The number of nitrogens with zero attached hydrogens (tertiary/aromatic N) is 2. The lowest BCUT2D eigenvalue weighted by atomic mass is 10.1. The first-order valence-corrected chi connectivity index (χ1v) is 5.79. The summed E-state index contributed by atoms with van der Waals surface area (Å²) in [5, 5.41) is 7.17. The van der Waals surface area contributed by atoms with Crippen molar-refractivity contribution in [3.8, 4) is 0 Å². The lowest BCUT2D eigenvalue weighted by Crippen LogP contribution is -2.49. The highest BCUT2D eigenvalue weighted by Crippen LogP contribution is 2.11. The molecule has 0 atom stereocenters. The van der Waals surface area contributed by atoms with Gasteiger partial charge in [-0.05, 0) is 39.7 Å². The molecule has 5 heteroatoms. The smallest absolute Gasteiger partial charge is 0.239 e. The average Bonchev–Trinajstić information content (AvgIpc) is 2.42. The molecule has 0 radical (unpaired) electrons. The lowest BCUT2D eigenvalue weighted by molar-refractivity contribution is -0.125. The number of aromatic nitrogens is 2. The maximum atomic E-state index is 11.6. The van der Waals surface area contributed by atoms with Crippen LogP contribution in [-0.4, -0.2) is 27.8 Å². The molecule has 0 aromatic carbocycles. The third-order valence-corrected chi connectivity index (χ3v) is 2.90. The number of aryl methyl sites for hydroxylation is 2. The summed E-state index contributed by atoms with van der Waals surface area (Å²) in [4.78, 5) is 11.6. The summed E-state index contributed by atoms with van der Waals surface area (Å²) in [5.74, 6) is -0.128. The van der Waals surface area contributed by atoms with Crippen LogP contribution >= 0.6 is 0 Å². The van der Waals surface area contributed by atoms with Gasteiger partial charge in [0.1, 0.15) is 0 Å². The van der Waals surface area contributed by atoms with Crippen LogP contribution in [0.5, 0.6) is 0 Å². The van der Waals surface area contributed by atoms with Crippen molar-refractivity contribution >= 4 is 5.91 Å². The highest BCUT2D eigenvalue weighted by Gasteiger charge is 2.21. The standard InChI is InChI=1S/C12H22N4O/c1-8-10(9(2)16(5)15-8)6-7-14-11(17)12(3,4)13/h6-7,13H2,1-5H3,(H,14,17). The van der Waals surface area contributed by atoms with Crippen molar-refractivity contribution in [1.82, 2.24) is 15.1 Å². The summed E-state index contributed by atoms with van der Waals surface area (Å²) in [6.07, 6.45) is 0.785. The molecule has 1 aromatic rings. The minimum atomic E-state index is -0.820. The Hall–Kier alpha value is -1.36. The number of carbonyl (C=O) groups is 1. The second-order valence-electron chi connectivity index (χ2n) is 5.00. The summed E-state index contributed by atoms with van der Waals surface area (Å²) < 4.78 is 1.86. The van der Waals surface area contributed by atoms with E-state index >= 15 is 0 Å². The van der Waals surface area contributed by atoms with Crippen molar-refractivity contribution in [2.24, 2.45) is 12.8 Å². The van der Waals surface area contributed by atoms with E-state index in [0.29, 0.717) is 6.54 Å². The molecule has 3 N–H and O–H groups in total. The second kappa shape index (κ2) is 4.87. The first-order chi connectivity index (χ1) is 7.73. The van der Waals surface area contributed by atoms with E-state index in [1.54, 1.807) is 13.8 Å². The fourth-order valence-corrected chi connectivity index (χ4v) is 1.71. The molecule has 0 saturated heterocycles. The van der Waals surface area contributed by atoms with E-state index in [4.69, 9.17) is 5.73 Å². The van der Waals surface area contributed by atoms with Crippen molar-refractivity contribution < 1.29 is 4.79 Å². The zero-order valence-electron chi connectivity index (χ0n) is 11.3. The quantitative estimate of drug-likeness (QED) is 0.799. The topological polar surface area (TPSA) is 72.9 Å². The summed E-state index contributed by atoms with van der Waals surface area (Å²) in [6, 6.07) is 0. The molecule has 0 bridgehead atoms. The van der Waals surface area contributed by atoms with Crippen LogP contribution in [0.1, 0.15) is 30.8 Å². The summed E-state index contributed by atoms with van der Waals surface area (Å²) in [7, 11) is 1.92. The molecule has 0 unspecified atom stereocenters. The van der Waals surface area contributed by atoms with Gasteiger partial charge in [0, 0.05) is 19.3 Å². The Kier molecular flexibility index (Phi) is 3.93. The van der Waals surface area contributed by atoms with Crippen LogP contribution in [0.15, 0.2) is 0 Å². The van der Waals surface area contributed by atoms with Crippen molar-refractivity contribution in [3.63, 3.8) is 0 Å². The Morgan fingerprint density at radius 1 is 1.47 bits per heavy atom. The number of nitrogens with one attached hydrogen (secondary N) is 1. The van der Waals surface area contributed by atoms with Crippen LogP contribution in [0.2, 0.25) is 0 Å². The zero-order valence-corrected chi connectivity index (χ0v) is 11.3. The van der Waals surface area contributed by atoms with Crippen LogP contribution in [0, 0.1) is 13.8 Å². The van der Waals surface area contributed by atoms with E-state index in [1.807, 2.05) is 25.6 Å². The second-order valence-corrected chi connectivity index (χ2v) is 5.00. The van der Waals surface area contributed by atoms with Crippen molar-refractivity contribution in [3.05, 3.63) is 17.0 Å². The number of nitrogens with two attached hydrogens (primary N) is 1. The van der Waals surface area contributed by atoms with Gasteiger partial charge in [-0.2, -0.15) is 5.10 Å². The van der Waals surface area contributed by atoms with Crippen LogP contribution < -0.4 is 11.1 Å². The van der Waals surface area contributed by atoms with Gasteiger partial charge in [0.15, 0.2) is 0 Å². The van der Waals surface area contributed by atoms with E-state index < -0.39 is 5.54 Å². The normalized spacial score (nSPS) is 11.6. The Bertz CT molecular complexity index is 415. The molecule has 0 spiro atoms. The van der Waals surface area contributed by atoms with Gasteiger partial charge in [-0.1, -0.05) is 0 Å². The number of rotatable bonds is 4. The highest BCUT2D eigenvalue weighted by molar-refractivity contribution is 5.84. The minimum Gasteiger partial charge on any atom is -0.354 e. The maximum Gasteiger partial charge on any atom is 0.239 e. The lowest BCUT2D eigenvalue weighted by Gasteiger charge is -2.17. The maximum absolute atomic E-state index is 11.6. The molecule has 5 nitrogen and oxygen atoms in total. The molecule has 0 aliphatic rings. The predicted octanol–water partition coefficient (Wildman–Crippen LogP) is 0.433. The molecule has 1 heterocycles. The van der Waals surface area contributed by atoms with Gasteiger partial charge in [-0.15, -0.1) is 0 Å². The van der Waals surface area contributed by atoms with Crippen LogP contribution in [-0.2, 0) is 18.3 Å². The average molecular weight is 238 g/mol. The SMILES string of the molecule is Cc1nn(C)c(C)c1CCNC(=O)C(C)(C)N. The van der Waals surface area contributed by atoms with E-state index in [1.165, 1.54) is 5.56 Å². The van der Waals surface area contributed by atoms with Crippen molar-refractivity contribution in [2.75, 3.05) is 6.54 Å². The molecular weight excluding hydrogens is 216 g/mol. The predicted molar refractivity (Wildman–Crippen MR) is 67.7 cm³/mol. The van der Waals surface area contributed by atoms with Gasteiger partial charge in [0.25, 0.3) is 0 Å². The van der Waals surface area contributed by atoms with Crippen molar-refractivity contribution in [1.29, 1.82) is 0 Å². The fraction of sp³-hybridized carbons (Fsp3) is 0.667. The van der Waals surface area contributed by atoms with E-state index in [9.17, 15) is 4.79 Å². The summed E-state index contributed by atoms with van der Waals surface area (Å²) in [5.41, 5.74) is 8.23. The Labute approximate surface area is 102 Å². The largest absolute Gasteiger partial charge is 0.354 e. The first kappa shape index (κ1) is 13.7. The summed E-state index contributed by atoms with van der Waals surface area (Å²) in [6.45, 7) is 8.00. The van der Waals surface area contributed by atoms with Gasteiger partial charge < -0.3 is 11.1 Å².